The van der Waals surface area contributed by atoms with Crippen LogP contribution in [0.3, 0.4) is 0 Å². The lowest BCUT2D eigenvalue weighted by atomic mass is 9.99. The molecule has 2 atom stereocenters. The fraction of sp³-hybridized carbons (Fsp3) is 0.800. The summed E-state index contributed by atoms with van der Waals surface area (Å²) < 4.78 is 0. The Balaban J connectivity index is 2.08. The molecular formula is C10H14N2O2. The first-order valence-electron chi connectivity index (χ1n) is 5.08. The Kier molecular flexibility index (Phi) is 2.42. The van der Waals surface area contributed by atoms with E-state index in [9.17, 15) is 9.90 Å². The van der Waals surface area contributed by atoms with Gasteiger partial charge in [-0.2, -0.15) is 5.26 Å². The van der Waals surface area contributed by atoms with E-state index >= 15 is 0 Å². The highest BCUT2D eigenvalue weighted by Gasteiger charge is 2.42. The predicted molar refractivity (Wildman–Crippen MR) is 49.1 cm³/mol. The quantitative estimate of drug-likeness (QED) is 0.657. The Labute approximate surface area is 83.1 Å². The number of aliphatic hydroxyl groups excluding tert-OH is 1. The Morgan fingerprint density at radius 2 is 2.00 bits per heavy atom. The molecule has 1 amide bonds. The van der Waals surface area contributed by atoms with Crippen molar-refractivity contribution in [2.75, 3.05) is 0 Å². The first-order chi connectivity index (χ1) is 6.72. The molecule has 2 rings (SSSR count). The van der Waals surface area contributed by atoms with E-state index in [1.54, 1.807) is 0 Å². The summed E-state index contributed by atoms with van der Waals surface area (Å²) in [5.74, 6) is -0.0631. The fourth-order valence-corrected chi connectivity index (χ4v) is 2.71. The van der Waals surface area contributed by atoms with Crippen molar-refractivity contribution in [3.05, 3.63) is 0 Å². The number of aliphatic hydroxyl groups is 1. The summed E-state index contributed by atoms with van der Waals surface area (Å²) in [6.07, 6.45) is 3.07. The highest BCUT2D eigenvalue weighted by molar-refractivity contribution is 5.79. The molecule has 76 valence electrons. The second-order valence-corrected chi connectivity index (χ2v) is 4.15. The summed E-state index contributed by atoms with van der Waals surface area (Å²) in [6, 6.07) is 2.26. The number of piperidine rings is 1. The molecule has 2 aliphatic rings. The molecule has 0 spiro atoms. The van der Waals surface area contributed by atoms with Crippen LogP contribution in [0.1, 0.15) is 32.1 Å². The highest BCUT2D eigenvalue weighted by Crippen LogP contribution is 2.35. The molecule has 2 aliphatic heterocycles. The summed E-state index contributed by atoms with van der Waals surface area (Å²) in [4.78, 5) is 13.4. The highest BCUT2D eigenvalue weighted by atomic mass is 16.3. The van der Waals surface area contributed by atoms with E-state index in [4.69, 9.17) is 5.26 Å². The first kappa shape index (κ1) is 9.47. The van der Waals surface area contributed by atoms with Crippen LogP contribution < -0.4 is 0 Å². The van der Waals surface area contributed by atoms with Gasteiger partial charge in [-0.25, -0.2) is 0 Å². The topological polar surface area (TPSA) is 64.3 Å². The third-order valence-corrected chi connectivity index (χ3v) is 3.23. The van der Waals surface area contributed by atoms with Gasteiger partial charge in [0.2, 0.25) is 5.91 Å². The van der Waals surface area contributed by atoms with E-state index in [0.29, 0.717) is 12.8 Å². The number of hydrogen-bond acceptors (Lipinski definition) is 3. The van der Waals surface area contributed by atoms with Crippen LogP contribution in [0.4, 0.5) is 0 Å². The van der Waals surface area contributed by atoms with Gasteiger partial charge in [0.15, 0.2) is 0 Å². The molecule has 0 aromatic rings. The van der Waals surface area contributed by atoms with Crippen molar-refractivity contribution in [1.29, 1.82) is 5.26 Å². The van der Waals surface area contributed by atoms with Crippen LogP contribution in [0.2, 0.25) is 0 Å². The Morgan fingerprint density at radius 3 is 2.50 bits per heavy atom. The molecule has 0 saturated carbocycles. The summed E-state index contributed by atoms with van der Waals surface area (Å²) in [7, 11) is 0. The molecule has 2 fully saturated rings. The molecule has 4 nitrogen and oxygen atoms in total. The molecular weight excluding hydrogens is 180 g/mol. The van der Waals surface area contributed by atoms with Crippen molar-refractivity contribution in [2.45, 2.75) is 50.3 Å². The molecule has 14 heavy (non-hydrogen) atoms. The van der Waals surface area contributed by atoms with E-state index < -0.39 is 0 Å². The van der Waals surface area contributed by atoms with Crippen LogP contribution in [0.25, 0.3) is 0 Å². The van der Waals surface area contributed by atoms with Crippen LogP contribution >= 0.6 is 0 Å². The maximum atomic E-state index is 11.6. The minimum Gasteiger partial charge on any atom is -0.393 e. The second kappa shape index (κ2) is 3.58. The predicted octanol–water partition coefficient (Wildman–Crippen LogP) is 0.414. The normalized spacial score (nSPS) is 35.4. The largest absolute Gasteiger partial charge is 0.393 e. The van der Waals surface area contributed by atoms with Crippen LogP contribution in [0.5, 0.6) is 0 Å². The van der Waals surface area contributed by atoms with Gasteiger partial charge in [-0.3, -0.25) is 4.79 Å². The van der Waals surface area contributed by atoms with E-state index in [-0.39, 0.29) is 30.5 Å². The van der Waals surface area contributed by atoms with Crippen LogP contribution in [0.15, 0.2) is 0 Å². The number of nitrogens with zero attached hydrogens (tertiary/aromatic N) is 2. The van der Waals surface area contributed by atoms with Gasteiger partial charge in [0.25, 0.3) is 0 Å². The van der Waals surface area contributed by atoms with Gasteiger partial charge in [-0.1, -0.05) is 0 Å². The van der Waals surface area contributed by atoms with Crippen molar-refractivity contribution in [1.82, 2.24) is 4.90 Å². The lowest BCUT2D eigenvalue weighted by Crippen LogP contribution is -2.47. The van der Waals surface area contributed by atoms with Crippen molar-refractivity contribution in [2.24, 2.45) is 0 Å². The number of rotatable bonds is 1. The monoisotopic (exact) mass is 194 g/mol. The smallest absolute Gasteiger partial charge is 0.237 e. The third-order valence-electron chi connectivity index (χ3n) is 3.23. The molecule has 2 heterocycles. The molecule has 2 saturated heterocycles. The van der Waals surface area contributed by atoms with E-state index in [0.717, 1.165) is 12.8 Å². The summed E-state index contributed by atoms with van der Waals surface area (Å²) in [6.45, 7) is 0. The fourth-order valence-electron chi connectivity index (χ4n) is 2.71. The SMILES string of the molecule is N#CCC(=O)N1C2CCC1CC(O)C2. The average molecular weight is 194 g/mol. The van der Waals surface area contributed by atoms with Gasteiger partial charge in [0.05, 0.1) is 12.2 Å². The van der Waals surface area contributed by atoms with E-state index in [1.165, 1.54) is 0 Å². The Hall–Kier alpha value is -1.08. The standard InChI is InChI=1S/C10H14N2O2/c11-4-3-10(14)12-7-1-2-8(12)6-9(13)5-7/h7-9,13H,1-3,5-6H2. The maximum Gasteiger partial charge on any atom is 0.237 e. The van der Waals surface area contributed by atoms with Gasteiger partial charge >= 0.3 is 0 Å². The number of carbonyl (C=O) groups is 1. The lowest BCUT2D eigenvalue weighted by molar-refractivity contribution is -0.136. The van der Waals surface area contributed by atoms with Gasteiger partial charge in [0, 0.05) is 12.1 Å². The van der Waals surface area contributed by atoms with E-state index in [2.05, 4.69) is 0 Å². The second-order valence-electron chi connectivity index (χ2n) is 4.15. The molecule has 1 N–H and O–H groups in total. The Bertz CT molecular complexity index is 270. The van der Waals surface area contributed by atoms with Crippen molar-refractivity contribution in [3.63, 3.8) is 0 Å². The number of carbonyl (C=O) groups excluding carboxylic acids is 1. The molecule has 0 aromatic carbocycles. The van der Waals surface area contributed by atoms with Crippen molar-refractivity contribution in [3.8, 4) is 6.07 Å². The summed E-state index contributed by atoms with van der Waals surface area (Å²) in [5, 5.41) is 18.0. The zero-order valence-corrected chi connectivity index (χ0v) is 8.02. The minimum atomic E-state index is -0.251. The molecule has 0 aromatic heterocycles. The summed E-state index contributed by atoms with van der Waals surface area (Å²) >= 11 is 0. The molecule has 0 radical (unpaired) electrons. The molecule has 0 aliphatic carbocycles. The van der Waals surface area contributed by atoms with Crippen LogP contribution in [-0.2, 0) is 4.79 Å². The number of hydrogen-bond donors (Lipinski definition) is 1. The van der Waals surface area contributed by atoms with Crippen molar-refractivity contribution < 1.29 is 9.90 Å². The number of fused-ring (bicyclic) bond motifs is 2. The van der Waals surface area contributed by atoms with Gasteiger partial charge in [-0.15, -0.1) is 0 Å². The molecule has 2 bridgehead atoms. The third kappa shape index (κ3) is 1.48. The van der Waals surface area contributed by atoms with Crippen molar-refractivity contribution >= 4 is 5.91 Å². The van der Waals surface area contributed by atoms with Crippen LogP contribution in [0, 0.1) is 11.3 Å². The molecule has 2 unspecified atom stereocenters. The minimum absolute atomic E-state index is 0.0247. The first-order valence-corrected chi connectivity index (χ1v) is 5.08. The summed E-state index contributed by atoms with van der Waals surface area (Å²) in [5.41, 5.74) is 0. The number of nitriles is 1. The maximum absolute atomic E-state index is 11.6. The zero-order valence-electron chi connectivity index (χ0n) is 8.02. The van der Waals surface area contributed by atoms with Gasteiger partial charge in [0.1, 0.15) is 6.42 Å². The van der Waals surface area contributed by atoms with Gasteiger partial charge in [-0.05, 0) is 25.7 Å². The number of amides is 1. The Morgan fingerprint density at radius 1 is 1.43 bits per heavy atom. The van der Waals surface area contributed by atoms with Crippen LogP contribution in [-0.4, -0.2) is 34.1 Å². The average Bonchev–Trinajstić information content (AvgIpc) is 2.39. The zero-order chi connectivity index (χ0) is 10.1. The molecule has 4 heteroatoms. The van der Waals surface area contributed by atoms with Gasteiger partial charge < -0.3 is 10.0 Å². The lowest BCUT2D eigenvalue weighted by Gasteiger charge is -2.36. The van der Waals surface area contributed by atoms with E-state index in [1.807, 2.05) is 11.0 Å².